The molecule has 1 unspecified atom stereocenters. The van der Waals surface area contributed by atoms with Gasteiger partial charge in [0.25, 0.3) is 11.8 Å². The van der Waals surface area contributed by atoms with E-state index in [0.29, 0.717) is 22.4 Å². The van der Waals surface area contributed by atoms with Gasteiger partial charge in [-0.3, -0.25) is 34.4 Å². The van der Waals surface area contributed by atoms with Crippen molar-refractivity contribution in [3.63, 3.8) is 0 Å². The van der Waals surface area contributed by atoms with Crippen LogP contribution >= 0.6 is 0 Å². The second-order valence-electron chi connectivity index (χ2n) is 10.9. The Morgan fingerprint density at radius 2 is 1.81 bits per heavy atom. The number of benzene rings is 2. The Bertz CT molecular complexity index is 1630. The molecule has 0 bridgehead atoms. The third kappa shape index (κ3) is 5.30. The van der Waals surface area contributed by atoms with Crippen molar-refractivity contribution in [2.75, 3.05) is 26.2 Å². The summed E-state index contributed by atoms with van der Waals surface area (Å²) in [5, 5.41) is 13.3. The minimum Gasteiger partial charge on any atom is -0.390 e. The first-order valence-electron chi connectivity index (χ1n) is 14.2. The molecule has 214 valence electrons. The molecule has 3 N–H and O–H groups in total. The molecular weight excluding hydrogens is 534 g/mol. The number of nitrogens with zero attached hydrogens (tertiary/aromatic N) is 4. The van der Waals surface area contributed by atoms with E-state index in [4.69, 9.17) is 5.41 Å². The third-order valence-corrected chi connectivity index (χ3v) is 8.10. The number of fused-ring (bicyclic) bond motifs is 2. The molecule has 3 aromatic rings. The summed E-state index contributed by atoms with van der Waals surface area (Å²) < 4.78 is 0. The number of hydrogen-bond acceptors (Lipinski definition) is 9. The van der Waals surface area contributed by atoms with E-state index in [2.05, 4.69) is 25.5 Å². The highest BCUT2D eigenvalue weighted by molar-refractivity contribution is 6.23. The van der Waals surface area contributed by atoms with Gasteiger partial charge in [0.15, 0.2) is 0 Å². The molecule has 11 heteroatoms. The number of aromatic nitrogens is 2. The van der Waals surface area contributed by atoms with Crippen LogP contribution in [0.25, 0.3) is 16.6 Å². The van der Waals surface area contributed by atoms with Crippen molar-refractivity contribution >= 4 is 46.4 Å². The number of imide groups is 2. The van der Waals surface area contributed by atoms with E-state index in [1.807, 2.05) is 36.5 Å². The van der Waals surface area contributed by atoms with Gasteiger partial charge in [-0.15, -0.1) is 0 Å². The average molecular weight is 566 g/mol. The summed E-state index contributed by atoms with van der Waals surface area (Å²) in [6.07, 6.45) is 7.01. The van der Waals surface area contributed by atoms with Gasteiger partial charge in [0, 0.05) is 50.0 Å². The topological polar surface area (TPSA) is 148 Å². The molecule has 3 aliphatic rings. The maximum Gasteiger partial charge on any atom is 0.262 e. The largest absolute Gasteiger partial charge is 0.390 e. The van der Waals surface area contributed by atoms with Crippen LogP contribution in [-0.4, -0.2) is 81.8 Å². The van der Waals surface area contributed by atoms with Gasteiger partial charge < -0.3 is 15.6 Å². The SMILES string of the molecule is N=C/C(=C\NCCCCN1CC(c2ccc3c(c2)C(=O)N(C2CCC(=O)NC2=O)C3=O)C1)c1cnc2ccccc2n1. The number of unbranched alkanes of at least 4 members (excludes halogenated alkanes) is 1. The maximum atomic E-state index is 13.1. The van der Waals surface area contributed by atoms with Gasteiger partial charge >= 0.3 is 0 Å². The van der Waals surface area contributed by atoms with Crippen LogP contribution in [-0.2, 0) is 9.59 Å². The lowest BCUT2D eigenvalue weighted by Gasteiger charge is -2.39. The van der Waals surface area contributed by atoms with Crippen LogP contribution < -0.4 is 10.6 Å². The van der Waals surface area contributed by atoms with Crippen molar-refractivity contribution in [1.29, 1.82) is 5.41 Å². The van der Waals surface area contributed by atoms with Gasteiger partial charge in [-0.05, 0) is 55.6 Å². The Balaban J connectivity index is 0.958. The van der Waals surface area contributed by atoms with Crippen LogP contribution in [0.15, 0.2) is 54.9 Å². The predicted molar refractivity (Wildman–Crippen MR) is 156 cm³/mol. The van der Waals surface area contributed by atoms with Crippen LogP contribution in [0.4, 0.5) is 0 Å². The minimum atomic E-state index is -0.952. The molecule has 42 heavy (non-hydrogen) atoms. The quantitative estimate of drug-likeness (QED) is 0.193. The first kappa shape index (κ1) is 27.4. The van der Waals surface area contributed by atoms with Crippen molar-refractivity contribution in [3.05, 3.63) is 77.2 Å². The normalized spacial score (nSPS) is 19.6. The molecule has 0 saturated carbocycles. The lowest BCUT2D eigenvalue weighted by molar-refractivity contribution is -0.136. The molecule has 4 amide bonds. The fourth-order valence-electron chi connectivity index (χ4n) is 5.74. The van der Waals surface area contributed by atoms with Crippen molar-refractivity contribution in [3.8, 4) is 0 Å². The Kier molecular flexibility index (Phi) is 7.58. The van der Waals surface area contributed by atoms with Crippen LogP contribution in [0.3, 0.4) is 0 Å². The number of amides is 4. The second kappa shape index (κ2) is 11.6. The van der Waals surface area contributed by atoms with Gasteiger partial charge in [-0.1, -0.05) is 18.2 Å². The first-order chi connectivity index (χ1) is 20.4. The molecule has 2 saturated heterocycles. The van der Waals surface area contributed by atoms with Crippen molar-refractivity contribution < 1.29 is 19.2 Å². The first-order valence-corrected chi connectivity index (χ1v) is 14.2. The summed E-state index contributed by atoms with van der Waals surface area (Å²) in [4.78, 5) is 62.2. The van der Waals surface area contributed by atoms with Crippen LogP contribution in [0.2, 0.25) is 0 Å². The van der Waals surface area contributed by atoms with Gasteiger partial charge in [0.05, 0.1) is 34.1 Å². The molecule has 0 aliphatic carbocycles. The summed E-state index contributed by atoms with van der Waals surface area (Å²) in [6.45, 7) is 3.49. The number of para-hydroxylation sites is 2. The molecule has 6 rings (SSSR count). The molecule has 1 aromatic heterocycles. The third-order valence-electron chi connectivity index (χ3n) is 8.10. The van der Waals surface area contributed by atoms with E-state index >= 15 is 0 Å². The van der Waals surface area contributed by atoms with E-state index < -0.39 is 23.8 Å². The van der Waals surface area contributed by atoms with E-state index in [9.17, 15) is 19.2 Å². The monoisotopic (exact) mass is 565 g/mol. The van der Waals surface area contributed by atoms with Gasteiger partial charge in [0.1, 0.15) is 6.04 Å². The number of allylic oxidation sites excluding steroid dienone is 1. The Labute approximate surface area is 242 Å². The highest BCUT2D eigenvalue weighted by Gasteiger charge is 2.45. The fraction of sp³-hybridized carbons (Fsp3) is 0.323. The second-order valence-corrected chi connectivity index (χ2v) is 10.9. The molecule has 2 fully saturated rings. The Hall–Kier alpha value is -4.77. The van der Waals surface area contributed by atoms with Crippen molar-refractivity contribution in [2.45, 2.75) is 37.6 Å². The Morgan fingerprint density at radius 3 is 2.60 bits per heavy atom. The standard InChI is InChI=1S/C31H31N7O4/c32-14-20(26-16-34-24-5-1-2-6-25(24)35-26)15-33-11-3-4-12-37-17-21(18-37)19-7-8-22-23(13-19)31(42)38(30(22)41)27-9-10-28(39)36-29(27)40/h1-2,5-8,13-16,21,27,32-33H,3-4,9-12,17-18H2,(H,36,39,40)/b20-15+,32-14?. The minimum absolute atomic E-state index is 0.102. The summed E-state index contributed by atoms with van der Waals surface area (Å²) >= 11 is 0. The molecule has 0 radical (unpaired) electrons. The van der Waals surface area contributed by atoms with Gasteiger partial charge in [-0.25, -0.2) is 4.98 Å². The molecule has 4 heterocycles. The zero-order valence-corrected chi connectivity index (χ0v) is 23.0. The van der Waals surface area contributed by atoms with E-state index in [1.54, 1.807) is 18.3 Å². The number of carbonyl (C=O) groups is 4. The maximum absolute atomic E-state index is 13.1. The molecule has 0 spiro atoms. The number of likely N-dealkylation sites (tertiary alicyclic amines) is 1. The van der Waals surface area contributed by atoms with E-state index in [-0.39, 0.29) is 24.7 Å². The molecule has 3 aliphatic heterocycles. The summed E-state index contributed by atoms with van der Waals surface area (Å²) in [5.74, 6) is -1.66. The number of rotatable bonds is 10. The number of hydrogen-bond donors (Lipinski definition) is 3. The van der Waals surface area contributed by atoms with Crippen molar-refractivity contribution in [2.24, 2.45) is 0 Å². The van der Waals surface area contributed by atoms with Gasteiger partial charge in [-0.2, -0.15) is 0 Å². The summed E-state index contributed by atoms with van der Waals surface area (Å²) in [6, 6.07) is 12.1. The molecule has 2 aromatic carbocycles. The fourth-order valence-corrected chi connectivity index (χ4v) is 5.74. The van der Waals surface area contributed by atoms with Crippen LogP contribution in [0, 0.1) is 5.41 Å². The molecular formula is C31H31N7O4. The van der Waals surface area contributed by atoms with Gasteiger partial charge in [0.2, 0.25) is 11.8 Å². The number of carbonyl (C=O) groups excluding carboxylic acids is 4. The zero-order valence-electron chi connectivity index (χ0n) is 23.0. The van der Waals surface area contributed by atoms with E-state index in [0.717, 1.165) is 60.5 Å². The van der Waals surface area contributed by atoms with Crippen LogP contribution in [0.5, 0.6) is 0 Å². The summed E-state index contributed by atoms with van der Waals surface area (Å²) in [7, 11) is 0. The molecule has 1 atom stereocenters. The predicted octanol–water partition coefficient (Wildman–Crippen LogP) is 2.49. The number of piperidine rings is 1. The lowest BCUT2D eigenvalue weighted by Crippen LogP contribution is -2.54. The van der Waals surface area contributed by atoms with Crippen LogP contribution in [0.1, 0.15) is 63.6 Å². The Morgan fingerprint density at radius 1 is 1.02 bits per heavy atom. The smallest absolute Gasteiger partial charge is 0.262 e. The highest BCUT2D eigenvalue weighted by atomic mass is 16.2. The van der Waals surface area contributed by atoms with Crippen molar-refractivity contribution in [1.82, 2.24) is 30.4 Å². The average Bonchev–Trinajstić information content (AvgIpc) is 3.22. The molecule has 11 nitrogen and oxygen atoms in total. The highest BCUT2D eigenvalue weighted by Crippen LogP contribution is 2.33. The number of nitrogens with one attached hydrogen (secondary N) is 3. The lowest BCUT2D eigenvalue weighted by atomic mass is 9.89. The van der Waals surface area contributed by atoms with E-state index in [1.165, 1.54) is 6.21 Å². The zero-order chi connectivity index (χ0) is 29.2. The summed E-state index contributed by atoms with van der Waals surface area (Å²) in [5.41, 5.74) is 4.60.